The van der Waals surface area contributed by atoms with E-state index in [0.717, 1.165) is 49.0 Å². The van der Waals surface area contributed by atoms with Crippen LogP contribution in [0.3, 0.4) is 0 Å². The molecule has 0 fully saturated rings. The molecule has 0 aliphatic carbocycles. The number of para-hydroxylation sites is 2. The first-order chi connectivity index (χ1) is 13.1. The van der Waals surface area contributed by atoms with Gasteiger partial charge in [-0.3, -0.25) is 4.99 Å². The van der Waals surface area contributed by atoms with Gasteiger partial charge in [-0.15, -0.1) is 35.3 Å². The SMILES string of the molecule is CN=C(NCCCCc1nc(C)cs1)NCC(C)Oc1ccccc1OC.I. The van der Waals surface area contributed by atoms with Gasteiger partial charge in [-0.2, -0.15) is 0 Å². The highest BCUT2D eigenvalue weighted by atomic mass is 127. The van der Waals surface area contributed by atoms with Crippen molar-refractivity contribution < 1.29 is 9.47 Å². The monoisotopic (exact) mass is 518 g/mol. The minimum absolute atomic E-state index is 0. The number of halogens is 1. The maximum Gasteiger partial charge on any atom is 0.191 e. The number of aromatic nitrogens is 1. The number of aryl methyl sites for hydroxylation is 2. The van der Waals surface area contributed by atoms with E-state index in [-0.39, 0.29) is 30.1 Å². The van der Waals surface area contributed by atoms with E-state index in [0.29, 0.717) is 6.54 Å². The zero-order chi connectivity index (χ0) is 19.5. The molecule has 2 rings (SSSR count). The number of nitrogens with one attached hydrogen (secondary N) is 2. The summed E-state index contributed by atoms with van der Waals surface area (Å²) in [5.41, 5.74) is 1.11. The molecule has 2 N–H and O–H groups in total. The normalized spacial score (nSPS) is 12.1. The standard InChI is InChI=1S/C20H30N4O2S.HI/c1-15-14-27-19(24-15)11-7-8-12-22-20(21-3)23-13-16(2)26-18-10-6-5-9-17(18)25-4;/h5-6,9-10,14,16H,7-8,11-13H2,1-4H3,(H2,21,22,23);1H. The molecule has 0 aliphatic heterocycles. The molecule has 0 saturated heterocycles. The first-order valence-corrected chi connectivity index (χ1v) is 10.2. The van der Waals surface area contributed by atoms with Crippen molar-refractivity contribution >= 4 is 41.3 Å². The summed E-state index contributed by atoms with van der Waals surface area (Å²) < 4.78 is 11.3. The van der Waals surface area contributed by atoms with Gasteiger partial charge in [0.15, 0.2) is 17.5 Å². The predicted octanol–water partition coefficient (Wildman–Crippen LogP) is 4.03. The molecule has 2 aromatic rings. The van der Waals surface area contributed by atoms with Crippen LogP contribution in [0.25, 0.3) is 0 Å². The van der Waals surface area contributed by atoms with Gasteiger partial charge in [0, 0.05) is 24.7 Å². The number of benzene rings is 1. The van der Waals surface area contributed by atoms with E-state index in [2.05, 4.69) is 26.0 Å². The van der Waals surface area contributed by atoms with Gasteiger partial charge < -0.3 is 20.1 Å². The molecular formula is C20H31IN4O2S. The summed E-state index contributed by atoms with van der Waals surface area (Å²) in [6.45, 7) is 5.58. The first-order valence-electron chi connectivity index (χ1n) is 9.27. The Bertz CT molecular complexity index is 724. The Labute approximate surface area is 189 Å². The van der Waals surface area contributed by atoms with Gasteiger partial charge >= 0.3 is 0 Å². The summed E-state index contributed by atoms with van der Waals surface area (Å²) >= 11 is 1.74. The van der Waals surface area contributed by atoms with Crippen LogP contribution in [0.5, 0.6) is 11.5 Å². The smallest absolute Gasteiger partial charge is 0.191 e. The second-order valence-electron chi connectivity index (χ2n) is 6.30. The quantitative estimate of drug-likeness (QED) is 0.215. The predicted molar refractivity (Wildman–Crippen MR) is 128 cm³/mol. The number of ether oxygens (including phenoxy) is 2. The van der Waals surface area contributed by atoms with Crippen molar-refractivity contribution in [1.29, 1.82) is 0 Å². The highest BCUT2D eigenvalue weighted by molar-refractivity contribution is 14.0. The van der Waals surface area contributed by atoms with Crippen LogP contribution in [0.2, 0.25) is 0 Å². The summed E-state index contributed by atoms with van der Waals surface area (Å²) in [7, 11) is 3.42. The summed E-state index contributed by atoms with van der Waals surface area (Å²) in [5, 5.41) is 9.97. The summed E-state index contributed by atoms with van der Waals surface area (Å²) in [6.07, 6.45) is 3.21. The molecule has 8 heteroatoms. The van der Waals surface area contributed by atoms with Crippen molar-refractivity contribution in [3.8, 4) is 11.5 Å². The minimum Gasteiger partial charge on any atom is -0.493 e. The molecule has 0 spiro atoms. The number of rotatable bonds is 10. The van der Waals surface area contributed by atoms with Gasteiger partial charge in [0.05, 0.1) is 18.7 Å². The molecule has 0 saturated carbocycles. The molecule has 1 atom stereocenters. The molecule has 6 nitrogen and oxygen atoms in total. The molecule has 1 aromatic carbocycles. The molecule has 0 radical (unpaired) electrons. The average molecular weight is 518 g/mol. The van der Waals surface area contributed by atoms with Crippen molar-refractivity contribution in [3.63, 3.8) is 0 Å². The fourth-order valence-electron chi connectivity index (χ4n) is 2.56. The topological polar surface area (TPSA) is 67.8 Å². The van der Waals surface area contributed by atoms with Crippen molar-refractivity contribution in [3.05, 3.63) is 40.3 Å². The molecule has 1 heterocycles. The fourth-order valence-corrected chi connectivity index (χ4v) is 3.38. The number of hydrogen-bond donors (Lipinski definition) is 2. The highest BCUT2D eigenvalue weighted by Crippen LogP contribution is 2.26. The lowest BCUT2D eigenvalue weighted by atomic mass is 10.2. The van der Waals surface area contributed by atoms with E-state index in [1.807, 2.05) is 38.1 Å². The summed E-state index contributed by atoms with van der Waals surface area (Å²) in [6, 6.07) is 7.66. The highest BCUT2D eigenvalue weighted by Gasteiger charge is 2.09. The van der Waals surface area contributed by atoms with E-state index in [4.69, 9.17) is 9.47 Å². The fraction of sp³-hybridized carbons (Fsp3) is 0.500. The number of aliphatic imine (C=N–C) groups is 1. The number of hydrogen-bond acceptors (Lipinski definition) is 5. The van der Waals surface area contributed by atoms with Crippen LogP contribution in [0.4, 0.5) is 0 Å². The zero-order valence-electron chi connectivity index (χ0n) is 17.0. The van der Waals surface area contributed by atoms with Crippen LogP contribution in [0.15, 0.2) is 34.6 Å². The maximum absolute atomic E-state index is 5.95. The Balaban J connectivity index is 0.00000392. The van der Waals surface area contributed by atoms with Crippen LogP contribution in [-0.2, 0) is 6.42 Å². The minimum atomic E-state index is -0.0204. The van der Waals surface area contributed by atoms with Crippen molar-refractivity contribution in [1.82, 2.24) is 15.6 Å². The third-order valence-electron chi connectivity index (χ3n) is 3.95. The van der Waals surface area contributed by atoms with E-state index >= 15 is 0 Å². The first kappa shape index (κ1) is 24.5. The van der Waals surface area contributed by atoms with Gasteiger partial charge in [0.1, 0.15) is 6.10 Å². The molecule has 28 heavy (non-hydrogen) atoms. The van der Waals surface area contributed by atoms with Gasteiger partial charge in [0.25, 0.3) is 0 Å². The van der Waals surface area contributed by atoms with Crippen LogP contribution in [-0.4, -0.2) is 44.3 Å². The molecule has 1 aromatic heterocycles. The van der Waals surface area contributed by atoms with Crippen LogP contribution >= 0.6 is 35.3 Å². The third-order valence-corrected chi connectivity index (χ3v) is 4.98. The van der Waals surface area contributed by atoms with E-state index in [9.17, 15) is 0 Å². The van der Waals surface area contributed by atoms with E-state index < -0.39 is 0 Å². The Morgan fingerprint density at radius 3 is 2.61 bits per heavy atom. The molecule has 1 unspecified atom stereocenters. The number of guanidine groups is 1. The number of thiazole rings is 1. The Hall–Kier alpha value is -1.55. The molecule has 0 bridgehead atoms. The average Bonchev–Trinajstić information content (AvgIpc) is 3.09. The summed E-state index contributed by atoms with van der Waals surface area (Å²) in [4.78, 5) is 8.76. The lowest BCUT2D eigenvalue weighted by Crippen LogP contribution is -2.42. The number of nitrogens with zero attached hydrogens (tertiary/aromatic N) is 2. The van der Waals surface area contributed by atoms with Crippen molar-refractivity contribution in [2.45, 2.75) is 39.2 Å². The number of methoxy groups -OCH3 is 1. The van der Waals surface area contributed by atoms with Gasteiger partial charge in [-0.05, 0) is 45.2 Å². The Morgan fingerprint density at radius 2 is 1.96 bits per heavy atom. The second kappa shape index (κ2) is 13.6. The Kier molecular flexibility index (Phi) is 11.9. The van der Waals surface area contributed by atoms with E-state index in [1.165, 1.54) is 5.01 Å². The van der Waals surface area contributed by atoms with E-state index in [1.54, 1.807) is 25.5 Å². The van der Waals surface area contributed by atoms with Gasteiger partial charge in [0.2, 0.25) is 0 Å². The second-order valence-corrected chi connectivity index (χ2v) is 7.24. The number of unbranched alkanes of at least 4 members (excludes halogenated alkanes) is 1. The van der Waals surface area contributed by atoms with Gasteiger partial charge in [-0.1, -0.05) is 12.1 Å². The van der Waals surface area contributed by atoms with Crippen LogP contribution in [0, 0.1) is 6.92 Å². The Morgan fingerprint density at radius 1 is 1.21 bits per heavy atom. The van der Waals surface area contributed by atoms with Crippen molar-refractivity contribution in [2.75, 3.05) is 27.2 Å². The maximum atomic E-state index is 5.95. The van der Waals surface area contributed by atoms with Crippen LogP contribution in [0.1, 0.15) is 30.5 Å². The lowest BCUT2D eigenvalue weighted by Gasteiger charge is -2.19. The zero-order valence-corrected chi connectivity index (χ0v) is 20.2. The summed E-state index contributed by atoms with van der Waals surface area (Å²) in [5.74, 6) is 2.27. The van der Waals surface area contributed by atoms with Crippen LogP contribution < -0.4 is 20.1 Å². The molecule has 0 aliphatic rings. The largest absolute Gasteiger partial charge is 0.493 e. The van der Waals surface area contributed by atoms with Crippen molar-refractivity contribution in [2.24, 2.45) is 4.99 Å². The molecular weight excluding hydrogens is 487 g/mol. The van der Waals surface area contributed by atoms with Gasteiger partial charge in [-0.25, -0.2) is 4.98 Å². The molecule has 0 amide bonds. The third kappa shape index (κ3) is 8.64. The lowest BCUT2D eigenvalue weighted by molar-refractivity contribution is 0.213. The molecule has 156 valence electrons.